The number of amides is 1. The molecule has 1 amide bonds. The fourth-order valence-electron chi connectivity index (χ4n) is 4.43. The molecule has 1 unspecified atom stereocenters. The first-order valence-electron chi connectivity index (χ1n) is 13.0. The number of β-amino-alcohol motifs (C(OH)–C–C–N with tert-alkyl or cyclic N) is 1. The Balaban J connectivity index is 1.32. The van der Waals surface area contributed by atoms with Gasteiger partial charge in [0.05, 0.1) is 5.69 Å². The Morgan fingerprint density at radius 2 is 1.88 bits per heavy atom. The van der Waals surface area contributed by atoms with Gasteiger partial charge in [0.1, 0.15) is 5.82 Å². The fourth-order valence-corrected chi connectivity index (χ4v) is 5.15. The fraction of sp³-hybridized carbons (Fsp3) is 0.207. The summed E-state index contributed by atoms with van der Waals surface area (Å²) < 4.78 is 41.5. The van der Waals surface area contributed by atoms with E-state index in [4.69, 9.17) is 15.2 Å². The second-order valence-electron chi connectivity index (χ2n) is 9.71. The topological polar surface area (TPSA) is 145 Å². The maximum absolute atomic E-state index is 15.2. The van der Waals surface area contributed by atoms with Gasteiger partial charge in [-0.1, -0.05) is 0 Å². The molecule has 0 spiro atoms. The van der Waals surface area contributed by atoms with Crippen LogP contribution in [0, 0.1) is 46.1 Å². The Kier molecular flexibility index (Phi) is 9.57. The van der Waals surface area contributed by atoms with Crippen molar-refractivity contribution in [2.45, 2.75) is 18.6 Å². The number of pyridine rings is 1. The molecule has 2 aromatic carbocycles. The van der Waals surface area contributed by atoms with Gasteiger partial charge >= 0.3 is 208 Å². The molecule has 1 aliphatic rings. The second-order valence-corrected chi connectivity index (χ2v) is 10.5. The van der Waals surface area contributed by atoms with E-state index in [0.717, 1.165) is 29.4 Å². The number of likely N-dealkylation sites (tertiary alicyclic amines) is 1. The SMILES string of the molecule is CN1CCC(O[C](=[Tm])c2c(Oc3ccc(NC(=O)c4ccnn(-c5ccc(F)cc5)c4=O)cc3F)ccnc2N)[C@H](O)C1. The van der Waals surface area contributed by atoms with Crippen LogP contribution in [0.2, 0.25) is 0 Å². The van der Waals surface area contributed by atoms with E-state index in [2.05, 4.69) is 49.8 Å². The summed E-state index contributed by atoms with van der Waals surface area (Å²) in [5, 5.41) is 16.8. The number of hydrogen-bond donors (Lipinski definition) is 3. The van der Waals surface area contributed by atoms with Crippen molar-refractivity contribution in [3.8, 4) is 17.2 Å². The van der Waals surface area contributed by atoms with Gasteiger partial charge in [-0.2, -0.15) is 9.78 Å². The molecule has 2 atom stereocenters. The Labute approximate surface area is 267 Å². The summed E-state index contributed by atoms with van der Waals surface area (Å²) in [6, 6.07) is 11.5. The van der Waals surface area contributed by atoms with Crippen molar-refractivity contribution < 1.29 is 62.6 Å². The van der Waals surface area contributed by atoms with Gasteiger partial charge < -0.3 is 0 Å². The number of hydrogen-bond acceptors (Lipinski definition) is 9. The molecule has 1 fully saturated rings. The normalized spacial score (nSPS) is 17.0. The molecule has 3 heterocycles. The molecule has 0 aliphatic carbocycles. The first kappa shape index (κ1) is 30.8. The number of nitrogens with two attached hydrogens (primary N) is 1. The van der Waals surface area contributed by atoms with Crippen LogP contribution in [-0.2, 0) is 4.74 Å². The minimum absolute atomic E-state index is 0.0604. The van der Waals surface area contributed by atoms with E-state index in [0.29, 0.717) is 13.0 Å². The van der Waals surface area contributed by atoms with E-state index in [-0.39, 0.29) is 41.7 Å². The van der Waals surface area contributed by atoms with Gasteiger partial charge in [0.15, 0.2) is 0 Å². The molecule has 14 heteroatoms. The number of aromatic nitrogens is 3. The Morgan fingerprint density at radius 3 is 2.60 bits per heavy atom. The Bertz CT molecular complexity index is 1740. The van der Waals surface area contributed by atoms with Crippen LogP contribution in [0.1, 0.15) is 22.3 Å². The van der Waals surface area contributed by atoms with Crippen LogP contribution in [0.25, 0.3) is 5.69 Å². The molecule has 0 saturated carbocycles. The van der Waals surface area contributed by atoms with E-state index in [1.54, 1.807) is 0 Å². The number of aliphatic hydroxyl groups excluding tert-OH is 1. The number of aliphatic hydroxyl groups is 1. The number of anilines is 2. The number of carbonyl (C=O) groups excluding carboxylic acids is 1. The van der Waals surface area contributed by atoms with Crippen LogP contribution in [0.5, 0.6) is 11.5 Å². The average Bonchev–Trinajstić information content (AvgIpc) is 2.96. The van der Waals surface area contributed by atoms with E-state index in [1.807, 2.05) is 11.9 Å². The zero-order valence-corrected chi connectivity index (χ0v) is 24.4. The molecular weight excluding hydrogens is 719 g/mol. The molecule has 4 aromatic rings. The summed E-state index contributed by atoms with van der Waals surface area (Å²) in [6.45, 7) is 1.19. The van der Waals surface area contributed by atoms with Gasteiger partial charge in [0.25, 0.3) is 0 Å². The predicted octanol–water partition coefficient (Wildman–Crippen LogP) is 2.64. The molecule has 4 N–H and O–H groups in total. The molecule has 11 nitrogen and oxygen atoms in total. The number of benzene rings is 2. The third kappa shape index (κ3) is 7.14. The molecule has 0 bridgehead atoms. The Hall–Kier alpha value is -3.62. The van der Waals surface area contributed by atoms with E-state index < -0.39 is 35.3 Å². The van der Waals surface area contributed by atoms with Crippen LogP contribution in [0.3, 0.4) is 0 Å². The van der Waals surface area contributed by atoms with Crippen molar-refractivity contribution in [1.82, 2.24) is 19.7 Å². The zero-order chi connectivity index (χ0) is 30.7. The quantitative estimate of drug-likeness (QED) is 0.248. The summed E-state index contributed by atoms with van der Waals surface area (Å²) in [7, 11) is 1.91. The van der Waals surface area contributed by atoms with Crippen molar-refractivity contribution in [2.75, 3.05) is 31.2 Å². The molecule has 1 aliphatic heterocycles. The van der Waals surface area contributed by atoms with Gasteiger partial charge in [-0.15, -0.1) is 0 Å². The molecule has 0 radical (unpaired) electrons. The van der Waals surface area contributed by atoms with E-state index >= 15 is 4.39 Å². The molecular formula is C29H26F2N6O5Tm. The van der Waals surface area contributed by atoms with Crippen molar-refractivity contribution >= 4 is 19.3 Å². The third-order valence-electron chi connectivity index (χ3n) is 6.65. The standard InChI is InChI=1S/C29H26F2N6O5.Tm/c1-36-13-10-26(23(38)15-36)41-16-21-24(9-11-33-27(21)32)42-25-7-4-18(14-22(25)31)35-28(39)20-8-12-34-37(29(20)40)19-5-2-17(30)3-6-19;/h2-9,11-12,14,23,26,38H,10,13,15H2,1H3,(H2,32,33)(H,35,39);/t23-,26?;/m1./s1. The summed E-state index contributed by atoms with van der Waals surface area (Å²) in [6.07, 6.45) is 2.03. The maximum atomic E-state index is 15.2. The number of carbonyl (C=O) groups is 1. The van der Waals surface area contributed by atoms with Crippen molar-refractivity contribution in [1.29, 1.82) is 0 Å². The summed E-state index contributed by atoms with van der Waals surface area (Å²) in [5.41, 5.74) is 5.71. The number of nitrogens with zero attached hydrogens (tertiary/aromatic N) is 4. The van der Waals surface area contributed by atoms with E-state index in [1.165, 1.54) is 48.8 Å². The molecule has 43 heavy (non-hydrogen) atoms. The number of piperidine rings is 1. The van der Waals surface area contributed by atoms with Gasteiger partial charge in [-0.25, -0.2) is 4.39 Å². The number of nitrogen functional groups attached to an aromatic ring is 1. The number of ether oxygens (including phenoxy) is 2. The molecule has 229 valence electrons. The number of halogens is 2. The van der Waals surface area contributed by atoms with Gasteiger partial charge in [0.2, 0.25) is 0 Å². The van der Waals surface area contributed by atoms with Crippen molar-refractivity contribution in [3.05, 3.63) is 100 Å². The van der Waals surface area contributed by atoms with Crippen LogP contribution in [0.15, 0.2) is 71.8 Å². The van der Waals surface area contributed by atoms with Crippen LogP contribution >= 0.6 is 0 Å². The summed E-state index contributed by atoms with van der Waals surface area (Å²) >= 11 is 2.68. The average molecular weight is 745 g/mol. The number of rotatable bonds is 8. The molecule has 1 saturated heterocycles. The Morgan fingerprint density at radius 1 is 1.12 bits per heavy atom. The first-order chi connectivity index (χ1) is 20.6. The minimum atomic E-state index is -0.813. The number of likely N-dealkylation sites (N-methyl/N-ethyl adjacent to an activating group) is 1. The van der Waals surface area contributed by atoms with Crippen molar-refractivity contribution in [3.63, 3.8) is 0 Å². The van der Waals surface area contributed by atoms with Crippen LogP contribution < -0.4 is 21.3 Å². The van der Waals surface area contributed by atoms with Gasteiger partial charge in [-0.3, -0.25) is 4.79 Å². The number of nitrogens with one attached hydrogen (secondary N) is 1. The molecule has 5 rings (SSSR count). The summed E-state index contributed by atoms with van der Waals surface area (Å²) in [4.78, 5) is 31.9. The van der Waals surface area contributed by atoms with Gasteiger partial charge in [0, 0.05) is 6.20 Å². The predicted molar refractivity (Wildman–Crippen MR) is 150 cm³/mol. The third-order valence-corrected chi connectivity index (χ3v) is 7.31. The van der Waals surface area contributed by atoms with Crippen LogP contribution in [-0.4, -0.2) is 64.9 Å². The second kappa shape index (κ2) is 13.4. The van der Waals surface area contributed by atoms with E-state index in [9.17, 15) is 19.1 Å². The zero-order valence-electron chi connectivity index (χ0n) is 22.6. The molecule has 2 aromatic heterocycles. The monoisotopic (exact) mass is 745 g/mol. The van der Waals surface area contributed by atoms with Crippen molar-refractivity contribution in [2.24, 2.45) is 0 Å². The first-order valence-corrected chi connectivity index (χ1v) is 13.9. The summed E-state index contributed by atoms with van der Waals surface area (Å²) in [5.74, 6) is -2.05. The van der Waals surface area contributed by atoms with Gasteiger partial charge in [-0.05, 0) is 24.3 Å². The van der Waals surface area contributed by atoms with Crippen LogP contribution in [0.4, 0.5) is 20.3 Å².